The van der Waals surface area contributed by atoms with Gasteiger partial charge in [-0.05, 0) is 50.6 Å². The van der Waals surface area contributed by atoms with Gasteiger partial charge in [0.15, 0.2) is 5.78 Å². The highest BCUT2D eigenvalue weighted by atomic mass is 16.5. The number of pyridine rings is 1. The Labute approximate surface area is 145 Å². The molecule has 0 radical (unpaired) electrons. The normalized spacial score (nSPS) is 15.3. The van der Waals surface area contributed by atoms with Gasteiger partial charge in [-0.15, -0.1) is 0 Å². The Kier molecular flexibility index (Phi) is 3.97. The van der Waals surface area contributed by atoms with Crippen molar-refractivity contribution in [1.82, 2.24) is 4.57 Å². The van der Waals surface area contributed by atoms with E-state index in [0.717, 1.165) is 0 Å². The van der Waals surface area contributed by atoms with Crippen molar-refractivity contribution in [2.75, 3.05) is 5.73 Å². The zero-order chi connectivity index (χ0) is 18.4. The quantitative estimate of drug-likeness (QED) is 0.848. The lowest BCUT2D eigenvalue weighted by Crippen LogP contribution is -2.38. The molecule has 0 spiro atoms. The molecule has 0 saturated carbocycles. The van der Waals surface area contributed by atoms with Gasteiger partial charge in [0, 0.05) is 17.5 Å². The zero-order valence-corrected chi connectivity index (χ0v) is 14.4. The number of carbonyl (C=O) groups excluding carboxylic acids is 1. The minimum atomic E-state index is -0.452. The molecule has 128 valence electrons. The number of fused-ring (bicyclic) bond motifs is 1. The number of nitrogens with zero attached hydrogens (tertiary/aromatic N) is 2. The topological polar surface area (TPSA) is 98.1 Å². The molecule has 2 N–H and O–H groups in total. The Bertz CT molecular complexity index is 963. The minimum Gasteiger partial charge on any atom is -0.384 e. The van der Waals surface area contributed by atoms with Crippen LogP contribution in [0.5, 0.6) is 0 Å². The maximum absolute atomic E-state index is 13.0. The van der Waals surface area contributed by atoms with E-state index in [1.54, 1.807) is 24.3 Å². The number of ketones is 1. The lowest BCUT2D eigenvalue weighted by atomic mass is 9.89. The number of nitriles is 1. The van der Waals surface area contributed by atoms with Crippen LogP contribution in [0.2, 0.25) is 0 Å². The maximum atomic E-state index is 13.0. The van der Waals surface area contributed by atoms with E-state index in [2.05, 4.69) is 6.07 Å². The molecule has 2 heterocycles. The molecule has 0 fully saturated rings. The average molecular weight is 337 g/mol. The Morgan fingerprint density at radius 2 is 1.92 bits per heavy atom. The van der Waals surface area contributed by atoms with Gasteiger partial charge in [0.25, 0.3) is 5.56 Å². The summed E-state index contributed by atoms with van der Waals surface area (Å²) in [6.45, 7) is 5.45. The van der Waals surface area contributed by atoms with E-state index in [0.29, 0.717) is 34.4 Å². The molecule has 6 nitrogen and oxygen atoms in total. The summed E-state index contributed by atoms with van der Waals surface area (Å²) in [6.07, 6.45) is 0.453. The Hall–Kier alpha value is -2.91. The number of benzene rings is 1. The highest BCUT2D eigenvalue weighted by Crippen LogP contribution is 2.31. The highest BCUT2D eigenvalue weighted by molar-refractivity contribution is 5.94. The van der Waals surface area contributed by atoms with Crippen molar-refractivity contribution < 1.29 is 9.53 Å². The SMILES string of the molecule is CC(=O)c1ccc(-n2c(N)c(C#N)c3c(c2=O)COC(C)(C)C3)cc1. The third-order valence-corrected chi connectivity index (χ3v) is 4.48. The van der Waals surface area contributed by atoms with E-state index in [-0.39, 0.29) is 23.8 Å². The summed E-state index contributed by atoms with van der Waals surface area (Å²) in [7, 11) is 0. The van der Waals surface area contributed by atoms with Crippen molar-refractivity contribution in [3.8, 4) is 11.8 Å². The molecule has 0 unspecified atom stereocenters. The van der Waals surface area contributed by atoms with E-state index >= 15 is 0 Å². The number of hydrogen-bond donors (Lipinski definition) is 1. The first-order chi connectivity index (χ1) is 11.7. The van der Waals surface area contributed by atoms with Crippen LogP contribution in [0.15, 0.2) is 29.1 Å². The summed E-state index contributed by atoms with van der Waals surface area (Å²) in [6, 6.07) is 8.70. The Morgan fingerprint density at radius 1 is 1.28 bits per heavy atom. The van der Waals surface area contributed by atoms with Gasteiger partial charge in [-0.2, -0.15) is 5.26 Å². The number of Topliss-reactive ketones (excluding diaryl/α,β-unsaturated/α-hetero) is 1. The van der Waals surface area contributed by atoms with Crippen LogP contribution in [-0.2, 0) is 17.8 Å². The van der Waals surface area contributed by atoms with Gasteiger partial charge >= 0.3 is 0 Å². The lowest BCUT2D eigenvalue weighted by molar-refractivity contribution is -0.0408. The van der Waals surface area contributed by atoms with Crippen LogP contribution < -0.4 is 11.3 Å². The van der Waals surface area contributed by atoms with Crippen LogP contribution in [0, 0.1) is 11.3 Å². The highest BCUT2D eigenvalue weighted by Gasteiger charge is 2.32. The Morgan fingerprint density at radius 3 is 2.48 bits per heavy atom. The van der Waals surface area contributed by atoms with Gasteiger partial charge in [-0.3, -0.25) is 14.2 Å². The molecule has 0 saturated heterocycles. The second-order valence-corrected chi connectivity index (χ2v) is 6.80. The van der Waals surface area contributed by atoms with Crippen LogP contribution in [-0.4, -0.2) is 16.0 Å². The van der Waals surface area contributed by atoms with Gasteiger partial charge in [0.2, 0.25) is 0 Å². The first-order valence-corrected chi connectivity index (χ1v) is 7.97. The molecule has 1 aromatic heterocycles. The number of nitrogen functional groups attached to an aromatic ring is 1. The van der Waals surface area contributed by atoms with Gasteiger partial charge in [-0.25, -0.2) is 0 Å². The van der Waals surface area contributed by atoms with Crippen LogP contribution >= 0.6 is 0 Å². The summed E-state index contributed by atoms with van der Waals surface area (Å²) in [5.41, 5.74) is 7.91. The fraction of sp³-hybridized carbons (Fsp3) is 0.316. The molecule has 6 heteroatoms. The number of carbonyl (C=O) groups is 1. The lowest BCUT2D eigenvalue weighted by Gasteiger charge is -2.32. The zero-order valence-electron chi connectivity index (χ0n) is 14.4. The molecule has 0 atom stereocenters. The molecule has 1 aliphatic heterocycles. The van der Waals surface area contributed by atoms with Gasteiger partial charge in [0.05, 0.1) is 23.5 Å². The summed E-state index contributed by atoms with van der Waals surface area (Å²) < 4.78 is 7.05. The first-order valence-electron chi connectivity index (χ1n) is 7.97. The fourth-order valence-electron chi connectivity index (χ4n) is 3.11. The molecule has 1 aliphatic rings. The number of nitrogens with two attached hydrogens (primary N) is 1. The van der Waals surface area contributed by atoms with Crippen LogP contribution in [0.1, 0.15) is 47.8 Å². The molecular formula is C19H19N3O3. The molecular weight excluding hydrogens is 318 g/mol. The Balaban J connectivity index is 2.24. The standard InChI is InChI=1S/C19H19N3O3/c1-11(23)12-4-6-13(7-5-12)22-17(21)15(9-20)14-8-19(2,3)25-10-16(14)18(22)24/h4-7H,8,10,21H2,1-3H3. The maximum Gasteiger partial charge on any atom is 0.262 e. The number of ether oxygens (including phenoxy) is 1. The van der Waals surface area contributed by atoms with E-state index in [1.165, 1.54) is 11.5 Å². The minimum absolute atomic E-state index is 0.0642. The number of hydrogen-bond acceptors (Lipinski definition) is 5. The molecule has 2 aromatic rings. The molecule has 0 amide bonds. The number of aromatic nitrogens is 1. The summed E-state index contributed by atoms with van der Waals surface area (Å²) in [5, 5.41) is 9.59. The van der Waals surface area contributed by atoms with Crippen molar-refractivity contribution >= 4 is 11.6 Å². The van der Waals surface area contributed by atoms with E-state index in [4.69, 9.17) is 10.5 Å². The van der Waals surface area contributed by atoms with Gasteiger partial charge < -0.3 is 10.5 Å². The molecule has 0 bridgehead atoms. The smallest absolute Gasteiger partial charge is 0.262 e. The predicted octanol–water partition coefficient (Wildman–Crippen LogP) is 2.35. The van der Waals surface area contributed by atoms with Gasteiger partial charge in [-0.1, -0.05) is 0 Å². The monoisotopic (exact) mass is 337 g/mol. The van der Waals surface area contributed by atoms with Crippen molar-refractivity contribution in [1.29, 1.82) is 5.26 Å². The van der Waals surface area contributed by atoms with Crippen LogP contribution in [0.25, 0.3) is 5.69 Å². The van der Waals surface area contributed by atoms with E-state index in [9.17, 15) is 14.9 Å². The van der Waals surface area contributed by atoms with Crippen LogP contribution in [0.3, 0.4) is 0 Å². The third-order valence-electron chi connectivity index (χ3n) is 4.48. The molecule has 3 rings (SSSR count). The molecule has 1 aromatic carbocycles. The summed E-state index contributed by atoms with van der Waals surface area (Å²) in [4.78, 5) is 24.4. The average Bonchev–Trinajstić information content (AvgIpc) is 2.54. The predicted molar refractivity (Wildman–Crippen MR) is 93.7 cm³/mol. The van der Waals surface area contributed by atoms with Crippen molar-refractivity contribution in [2.45, 2.75) is 39.4 Å². The summed E-state index contributed by atoms with van der Waals surface area (Å²) >= 11 is 0. The number of rotatable bonds is 2. The second kappa shape index (κ2) is 5.87. The first kappa shape index (κ1) is 16.9. The van der Waals surface area contributed by atoms with Crippen LogP contribution in [0.4, 0.5) is 5.82 Å². The number of anilines is 1. The largest absolute Gasteiger partial charge is 0.384 e. The second-order valence-electron chi connectivity index (χ2n) is 6.80. The summed E-state index contributed by atoms with van der Waals surface area (Å²) in [5.74, 6) is 0.0465. The molecule has 25 heavy (non-hydrogen) atoms. The van der Waals surface area contributed by atoms with E-state index in [1.807, 2.05) is 13.8 Å². The van der Waals surface area contributed by atoms with E-state index < -0.39 is 5.60 Å². The van der Waals surface area contributed by atoms with Crippen molar-refractivity contribution in [3.63, 3.8) is 0 Å². The van der Waals surface area contributed by atoms with Crippen molar-refractivity contribution in [3.05, 3.63) is 56.9 Å². The van der Waals surface area contributed by atoms with Gasteiger partial charge in [0.1, 0.15) is 11.9 Å². The fourth-order valence-corrected chi connectivity index (χ4v) is 3.11. The van der Waals surface area contributed by atoms with Crippen molar-refractivity contribution in [2.24, 2.45) is 0 Å². The third kappa shape index (κ3) is 2.83. The molecule has 0 aliphatic carbocycles.